The average Bonchev–Trinajstić information content (AvgIpc) is 2.84. The minimum atomic E-state index is -1.36. The van der Waals surface area contributed by atoms with Crippen molar-refractivity contribution >= 4 is 29.7 Å². The van der Waals surface area contributed by atoms with E-state index in [0.29, 0.717) is 13.0 Å². The lowest BCUT2D eigenvalue weighted by molar-refractivity contribution is -0.141. The van der Waals surface area contributed by atoms with Gasteiger partial charge in [-0.25, -0.2) is 0 Å². The lowest BCUT2D eigenvalue weighted by Gasteiger charge is -2.21. The molecule has 0 aliphatic carbocycles. The average molecular weight is 425 g/mol. The first kappa shape index (κ1) is 25.1. The Bertz CT molecular complexity index is 663. The molecule has 10 heteroatoms. The molecule has 2 unspecified atom stereocenters. The summed E-state index contributed by atoms with van der Waals surface area (Å²) >= 11 is 0. The van der Waals surface area contributed by atoms with Crippen molar-refractivity contribution in [2.75, 3.05) is 6.54 Å². The summed E-state index contributed by atoms with van der Waals surface area (Å²) in [6.45, 7) is 2.48. The lowest BCUT2D eigenvalue weighted by Crippen LogP contribution is -2.53. The van der Waals surface area contributed by atoms with Crippen molar-refractivity contribution in [3.63, 3.8) is 0 Å². The Labute approximate surface area is 175 Å². The molecule has 0 aromatic carbocycles. The fourth-order valence-electron chi connectivity index (χ4n) is 3.11. The molecule has 0 radical (unpaired) electrons. The number of rotatable bonds is 12. The van der Waals surface area contributed by atoms with E-state index in [2.05, 4.69) is 16.0 Å². The Morgan fingerprint density at radius 2 is 1.83 bits per heavy atom. The van der Waals surface area contributed by atoms with Gasteiger partial charge in [-0.3, -0.25) is 24.0 Å². The number of allylic oxidation sites excluding steroid dienone is 2. The molecule has 0 bridgehead atoms. The summed E-state index contributed by atoms with van der Waals surface area (Å²) in [4.78, 5) is 59.1. The van der Waals surface area contributed by atoms with Gasteiger partial charge in [0.25, 0.3) is 0 Å². The second-order valence-corrected chi connectivity index (χ2v) is 7.34. The Balaban J connectivity index is 2.77. The highest BCUT2D eigenvalue weighted by molar-refractivity contribution is 5.94. The van der Waals surface area contributed by atoms with E-state index in [1.165, 1.54) is 0 Å². The molecule has 1 heterocycles. The van der Waals surface area contributed by atoms with Gasteiger partial charge in [-0.2, -0.15) is 0 Å². The van der Waals surface area contributed by atoms with Gasteiger partial charge in [0.2, 0.25) is 17.7 Å². The zero-order valence-electron chi connectivity index (χ0n) is 17.2. The van der Waals surface area contributed by atoms with Crippen molar-refractivity contribution < 1.29 is 34.2 Å². The van der Waals surface area contributed by atoms with Crippen LogP contribution in [0, 0.1) is 5.92 Å². The molecule has 168 valence electrons. The Morgan fingerprint density at radius 3 is 2.47 bits per heavy atom. The second kappa shape index (κ2) is 13.3. The molecule has 0 aromatic rings. The van der Waals surface area contributed by atoms with E-state index in [9.17, 15) is 24.0 Å². The normalized spacial score (nSPS) is 18.7. The van der Waals surface area contributed by atoms with Crippen LogP contribution in [0.1, 0.15) is 58.3 Å². The summed E-state index contributed by atoms with van der Waals surface area (Å²) in [6, 6.07) is -2.15. The molecular weight excluding hydrogens is 394 g/mol. The first-order valence-electron chi connectivity index (χ1n) is 10.2. The largest absolute Gasteiger partial charge is 0.481 e. The van der Waals surface area contributed by atoms with E-state index in [4.69, 9.17) is 10.2 Å². The topological polar surface area (TPSA) is 162 Å². The lowest BCUT2D eigenvalue weighted by atomic mass is 9.99. The number of unbranched alkanes of at least 4 members (excludes halogenated alkanes) is 1. The van der Waals surface area contributed by atoms with Gasteiger partial charge in [-0.05, 0) is 31.6 Å². The quantitative estimate of drug-likeness (QED) is 0.285. The number of amides is 3. The van der Waals surface area contributed by atoms with Crippen LogP contribution in [0.4, 0.5) is 0 Å². The summed E-state index contributed by atoms with van der Waals surface area (Å²) in [7, 11) is 0. The highest BCUT2D eigenvalue weighted by Crippen LogP contribution is 2.13. The number of carboxylic acids is 2. The van der Waals surface area contributed by atoms with Gasteiger partial charge in [-0.15, -0.1) is 0 Å². The van der Waals surface area contributed by atoms with Crippen LogP contribution in [0.2, 0.25) is 0 Å². The van der Waals surface area contributed by atoms with Crippen molar-refractivity contribution in [1.29, 1.82) is 0 Å². The maximum Gasteiger partial charge on any atom is 0.305 e. The van der Waals surface area contributed by atoms with E-state index in [1.54, 1.807) is 12.2 Å². The van der Waals surface area contributed by atoms with Crippen molar-refractivity contribution in [3.8, 4) is 0 Å². The SMILES string of the molecule is CCC/C=C/C(CC(=O)O)CC(=O)N[C@@H](CC(=O)O)C(=O)NC1CCCCNC1=O. The Morgan fingerprint density at radius 1 is 1.13 bits per heavy atom. The molecule has 30 heavy (non-hydrogen) atoms. The maximum absolute atomic E-state index is 12.5. The number of carbonyl (C=O) groups is 5. The van der Waals surface area contributed by atoms with Crippen LogP contribution in [0.5, 0.6) is 0 Å². The summed E-state index contributed by atoms with van der Waals surface area (Å²) in [5.41, 5.74) is 0. The van der Waals surface area contributed by atoms with E-state index >= 15 is 0 Å². The molecule has 0 aromatic heterocycles. The Kier molecular flexibility index (Phi) is 11.2. The van der Waals surface area contributed by atoms with Gasteiger partial charge in [-0.1, -0.05) is 25.5 Å². The number of carbonyl (C=O) groups excluding carboxylic acids is 3. The van der Waals surface area contributed by atoms with Crippen LogP contribution in [-0.2, 0) is 24.0 Å². The molecule has 1 saturated heterocycles. The standard InChI is InChI=1S/C20H31N3O7/c1-2-3-4-7-13(11-17(25)26)10-16(24)22-15(12-18(27)28)20(30)23-14-8-5-6-9-21-19(14)29/h4,7,13-15H,2-3,5-6,8-12H2,1H3,(H,21,29)(H,22,24)(H,23,30)(H,25,26)(H,27,28)/b7-4+/t13?,14?,15-/m0/s1. The Hall–Kier alpha value is -2.91. The van der Waals surface area contributed by atoms with Crippen LogP contribution < -0.4 is 16.0 Å². The molecular formula is C20H31N3O7. The number of hydrogen-bond donors (Lipinski definition) is 5. The third-order valence-corrected chi connectivity index (χ3v) is 4.63. The second-order valence-electron chi connectivity index (χ2n) is 7.34. The molecule has 1 rings (SSSR count). The van der Waals surface area contributed by atoms with Gasteiger partial charge < -0.3 is 26.2 Å². The van der Waals surface area contributed by atoms with Crippen LogP contribution >= 0.6 is 0 Å². The number of hydrogen-bond acceptors (Lipinski definition) is 5. The van der Waals surface area contributed by atoms with Crippen molar-refractivity contribution in [3.05, 3.63) is 12.2 Å². The fourth-order valence-corrected chi connectivity index (χ4v) is 3.11. The number of nitrogens with one attached hydrogen (secondary N) is 3. The third-order valence-electron chi connectivity index (χ3n) is 4.63. The van der Waals surface area contributed by atoms with Crippen LogP contribution in [0.3, 0.4) is 0 Å². The predicted molar refractivity (Wildman–Crippen MR) is 107 cm³/mol. The predicted octanol–water partition coefficient (Wildman–Crippen LogP) is 0.568. The monoisotopic (exact) mass is 425 g/mol. The fraction of sp³-hybridized carbons (Fsp3) is 0.650. The van der Waals surface area contributed by atoms with E-state index in [1.807, 2.05) is 6.92 Å². The number of aliphatic carboxylic acids is 2. The van der Waals surface area contributed by atoms with Gasteiger partial charge in [0.15, 0.2) is 0 Å². The van der Waals surface area contributed by atoms with Crippen molar-refractivity contribution in [2.24, 2.45) is 5.92 Å². The summed E-state index contributed by atoms with van der Waals surface area (Å²) in [6.07, 6.45) is 5.89. The highest BCUT2D eigenvalue weighted by atomic mass is 16.4. The molecule has 3 amide bonds. The van der Waals surface area contributed by atoms with Gasteiger partial charge in [0, 0.05) is 13.0 Å². The highest BCUT2D eigenvalue weighted by Gasteiger charge is 2.29. The molecule has 0 saturated carbocycles. The minimum Gasteiger partial charge on any atom is -0.481 e. The van der Waals surface area contributed by atoms with Gasteiger partial charge in [0.1, 0.15) is 12.1 Å². The maximum atomic E-state index is 12.5. The molecule has 1 aliphatic rings. The van der Waals surface area contributed by atoms with E-state index in [0.717, 1.165) is 25.7 Å². The summed E-state index contributed by atoms with van der Waals surface area (Å²) < 4.78 is 0. The van der Waals surface area contributed by atoms with Gasteiger partial charge in [0.05, 0.1) is 12.8 Å². The molecule has 3 atom stereocenters. The molecule has 1 aliphatic heterocycles. The first-order chi connectivity index (χ1) is 14.2. The zero-order chi connectivity index (χ0) is 22.5. The minimum absolute atomic E-state index is 0.195. The van der Waals surface area contributed by atoms with E-state index < -0.39 is 48.2 Å². The summed E-state index contributed by atoms with van der Waals surface area (Å²) in [5, 5.41) is 25.7. The smallest absolute Gasteiger partial charge is 0.305 e. The molecule has 0 spiro atoms. The molecule has 10 nitrogen and oxygen atoms in total. The van der Waals surface area contributed by atoms with Crippen LogP contribution in [0.15, 0.2) is 12.2 Å². The summed E-state index contributed by atoms with van der Waals surface area (Å²) in [5.74, 6) is -4.66. The zero-order valence-corrected chi connectivity index (χ0v) is 17.2. The molecule has 5 N–H and O–H groups in total. The van der Waals surface area contributed by atoms with Crippen LogP contribution in [0.25, 0.3) is 0 Å². The van der Waals surface area contributed by atoms with E-state index in [-0.39, 0.29) is 18.7 Å². The van der Waals surface area contributed by atoms with Crippen LogP contribution in [-0.4, -0.2) is 58.5 Å². The van der Waals surface area contributed by atoms with Gasteiger partial charge >= 0.3 is 11.9 Å². The van der Waals surface area contributed by atoms with Crippen molar-refractivity contribution in [1.82, 2.24) is 16.0 Å². The first-order valence-corrected chi connectivity index (χ1v) is 10.2. The number of carboxylic acid groups (broad SMARTS) is 2. The molecule has 1 fully saturated rings. The third kappa shape index (κ3) is 10.0. The van der Waals surface area contributed by atoms with Crippen molar-refractivity contribution in [2.45, 2.75) is 70.4 Å².